The molecule has 0 saturated heterocycles. The van der Waals surface area contributed by atoms with Gasteiger partial charge in [-0.1, -0.05) is 17.7 Å². The number of halogens is 2. The van der Waals surface area contributed by atoms with E-state index in [9.17, 15) is 0 Å². The van der Waals surface area contributed by atoms with Crippen LogP contribution in [0.4, 0.5) is 0 Å². The summed E-state index contributed by atoms with van der Waals surface area (Å²) in [7, 11) is 0. The maximum absolute atomic E-state index is 5.86. The first kappa shape index (κ1) is 6.95. The first-order valence-corrected chi connectivity index (χ1v) is 3.79. The van der Waals surface area contributed by atoms with Crippen molar-refractivity contribution < 1.29 is 0 Å². The summed E-state index contributed by atoms with van der Waals surface area (Å²) in [5.74, 6) is 0. The van der Waals surface area contributed by atoms with Gasteiger partial charge in [0.15, 0.2) is 0 Å². The molecule has 1 heterocycles. The van der Waals surface area contributed by atoms with E-state index in [0.717, 1.165) is 10.9 Å². The van der Waals surface area contributed by atoms with Gasteiger partial charge in [0.05, 0.1) is 16.7 Å². The van der Waals surface area contributed by atoms with Crippen LogP contribution in [0.5, 0.6) is 0 Å². The van der Waals surface area contributed by atoms with E-state index in [1.54, 1.807) is 6.20 Å². The molecule has 0 saturated carbocycles. The van der Waals surface area contributed by atoms with Crippen LogP contribution >= 0.6 is 23.4 Å². The van der Waals surface area contributed by atoms with Gasteiger partial charge < -0.3 is 0 Å². The van der Waals surface area contributed by atoms with Crippen LogP contribution in [0.25, 0.3) is 10.9 Å². The van der Waals surface area contributed by atoms with Gasteiger partial charge in [0.2, 0.25) is 0 Å². The molecule has 0 bridgehead atoms. The molecule has 2 nitrogen and oxygen atoms in total. The molecule has 11 heavy (non-hydrogen) atoms. The number of aromatic nitrogens is 2. The third-order valence-electron chi connectivity index (χ3n) is 1.52. The Kier molecular flexibility index (Phi) is 1.51. The summed E-state index contributed by atoms with van der Waals surface area (Å²) in [6, 6.07) is 5.51. The molecule has 0 radical (unpaired) electrons. The van der Waals surface area contributed by atoms with Crippen molar-refractivity contribution in [2.24, 2.45) is 0 Å². The summed E-state index contributed by atoms with van der Waals surface area (Å²) < 4.78 is 1.28. The van der Waals surface area contributed by atoms with Crippen molar-refractivity contribution >= 4 is 34.3 Å². The lowest BCUT2D eigenvalue weighted by Crippen LogP contribution is -1.79. The minimum absolute atomic E-state index is 0.675. The number of benzene rings is 1. The third-order valence-corrected chi connectivity index (χ3v) is 2.12. The second-order valence-electron chi connectivity index (χ2n) is 2.18. The normalized spacial score (nSPS) is 10.7. The van der Waals surface area contributed by atoms with Crippen LogP contribution < -0.4 is 0 Å². The third kappa shape index (κ3) is 0.988. The fraction of sp³-hybridized carbons (Fsp3) is 0. The summed E-state index contributed by atoms with van der Waals surface area (Å²) in [6.45, 7) is 0. The summed E-state index contributed by atoms with van der Waals surface area (Å²) in [5, 5.41) is 5.41. The molecule has 2 aromatic rings. The summed E-state index contributed by atoms with van der Waals surface area (Å²) in [4.78, 5) is 0. The van der Waals surface area contributed by atoms with Crippen molar-refractivity contribution in [1.29, 1.82) is 0 Å². The van der Waals surface area contributed by atoms with Gasteiger partial charge in [-0.2, -0.15) is 9.30 Å². The van der Waals surface area contributed by atoms with E-state index < -0.39 is 0 Å². The molecule has 0 atom stereocenters. The Labute approximate surface area is 73.4 Å². The van der Waals surface area contributed by atoms with E-state index in [4.69, 9.17) is 23.4 Å². The minimum Gasteiger partial charge on any atom is -0.172 e. The fourth-order valence-corrected chi connectivity index (χ4v) is 1.39. The molecule has 2 rings (SSSR count). The van der Waals surface area contributed by atoms with Gasteiger partial charge in [0.1, 0.15) is 0 Å². The Hall–Kier alpha value is -0.730. The fourth-order valence-electron chi connectivity index (χ4n) is 0.985. The molecule has 0 spiro atoms. The Balaban J connectivity index is 2.94. The van der Waals surface area contributed by atoms with Crippen molar-refractivity contribution in [1.82, 2.24) is 9.30 Å². The van der Waals surface area contributed by atoms with E-state index in [2.05, 4.69) is 5.10 Å². The van der Waals surface area contributed by atoms with E-state index in [1.807, 2.05) is 18.2 Å². The second-order valence-corrected chi connectivity index (χ2v) is 2.90. The molecule has 1 aromatic carbocycles. The zero-order valence-electron chi connectivity index (χ0n) is 5.46. The quantitative estimate of drug-likeness (QED) is 0.619. The highest BCUT2D eigenvalue weighted by atomic mass is 35.5. The van der Waals surface area contributed by atoms with Gasteiger partial charge in [0, 0.05) is 17.2 Å². The molecule has 0 aliphatic heterocycles. The standard InChI is InChI=1S/C7H4Cl2N2/c8-6-2-1-3-7-5(6)4-10-11(7)9/h1-4H. The number of nitrogens with zero attached hydrogens (tertiary/aromatic N) is 2. The van der Waals surface area contributed by atoms with Crippen molar-refractivity contribution in [2.45, 2.75) is 0 Å². The maximum Gasteiger partial charge on any atom is 0.0886 e. The molecule has 4 heteroatoms. The Morgan fingerprint density at radius 2 is 2.18 bits per heavy atom. The van der Waals surface area contributed by atoms with Crippen LogP contribution in [0.2, 0.25) is 5.02 Å². The van der Waals surface area contributed by atoms with E-state index in [0.29, 0.717) is 5.02 Å². The lowest BCUT2D eigenvalue weighted by Gasteiger charge is -1.91. The maximum atomic E-state index is 5.86. The molecule has 0 amide bonds. The number of fused-ring (bicyclic) bond motifs is 1. The topological polar surface area (TPSA) is 17.8 Å². The molecule has 0 unspecified atom stereocenters. The van der Waals surface area contributed by atoms with Gasteiger partial charge in [-0.3, -0.25) is 0 Å². The first-order valence-electron chi connectivity index (χ1n) is 3.07. The van der Waals surface area contributed by atoms with Crippen LogP contribution in [0.3, 0.4) is 0 Å². The van der Waals surface area contributed by atoms with E-state index in [1.165, 1.54) is 4.20 Å². The van der Waals surface area contributed by atoms with E-state index in [-0.39, 0.29) is 0 Å². The molecular weight excluding hydrogens is 183 g/mol. The Bertz CT molecular complexity index is 394. The van der Waals surface area contributed by atoms with Gasteiger partial charge >= 0.3 is 0 Å². The average Bonchev–Trinajstić information content (AvgIpc) is 2.35. The molecule has 0 fully saturated rings. The average molecular weight is 187 g/mol. The van der Waals surface area contributed by atoms with Crippen molar-refractivity contribution in [2.75, 3.05) is 0 Å². The van der Waals surface area contributed by atoms with Gasteiger partial charge in [0.25, 0.3) is 0 Å². The molecule has 56 valence electrons. The van der Waals surface area contributed by atoms with Crippen LogP contribution in [-0.2, 0) is 0 Å². The van der Waals surface area contributed by atoms with E-state index >= 15 is 0 Å². The predicted octanol–water partition coefficient (Wildman–Crippen LogP) is 2.69. The highest BCUT2D eigenvalue weighted by molar-refractivity contribution is 6.35. The Morgan fingerprint density at radius 1 is 1.36 bits per heavy atom. The van der Waals surface area contributed by atoms with Crippen LogP contribution in [0.1, 0.15) is 0 Å². The monoisotopic (exact) mass is 186 g/mol. The highest BCUT2D eigenvalue weighted by Crippen LogP contribution is 2.22. The smallest absolute Gasteiger partial charge is 0.0886 e. The van der Waals surface area contributed by atoms with Crippen molar-refractivity contribution in [3.63, 3.8) is 0 Å². The largest absolute Gasteiger partial charge is 0.172 e. The lowest BCUT2D eigenvalue weighted by atomic mass is 10.3. The zero-order chi connectivity index (χ0) is 7.84. The van der Waals surface area contributed by atoms with Crippen molar-refractivity contribution in [3.05, 3.63) is 29.4 Å². The van der Waals surface area contributed by atoms with Crippen molar-refractivity contribution in [3.8, 4) is 0 Å². The lowest BCUT2D eigenvalue weighted by molar-refractivity contribution is 1.02. The zero-order valence-corrected chi connectivity index (χ0v) is 6.97. The summed E-state index contributed by atoms with van der Waals surface area (Å²) >= 11 is 11.5. The molecule has 0 aliphatic carbocycles. The predicted molar refractivity (Wildman–Crippen MR) is 46.0 cm³/mol. The SMILES string of the molecule is Clc1cccc2c1cnn2Cl. The highest BCUT2D eigenvalue weighted by Gasteiger charge is 2.02. The number of hydrogen-bond acceptors (Lipinski definition) is 1. The first-order chi connectivity index (χ1) is 5.29. The van der Waals surface area contributed by atoms with Gasteiger partial charge in [-0.25, -0.2) is 0 Å². The van der Waals surface area contributed by atoms with Gasteiger partial charge in [-0.05, 0) is 12.1 Å². The molecular formula is C7H4Cl2N2. The Morgan fingerprint density at radius 3 is 2.91 bits per heavy atom. The van der Waals surface area contributed by atoms with Crippen LogP contribution in [-0.4, -0.2) is 9.30 Å². The summed E-state index contributed by atoms with van der Waals surface area (Å²) in [5.41, 5.74) is 0.833. The van der Waals surface area contributed by atoms with Crippen LogP contribution in [0, 0.1) is 0 Å². The second kappa shape index (κ2) is 2.40. The van der Waals surface area contributed by atoms with Crippen LogP contribution in [0.15, 0.2) is 24.4 Å². The molecule has 0 N–H and O–H groups in total. The van der Waals surface area contributed by atoms with Gasteiger partial charge in [-0.15, -0.1) is 0 Å². The molecule has 0 aliphatic rings. The minimum atomic E-state index is 0.675. The molecule has 1 aromatic heterocycles. The number of hydrogen-bond donors (Lipinski definition) is 0. The number of rotatable bonds is 0. The summed E-state index contributed by atoms with van der Waals surface area (Å²) in [6.07, 6.45) is 1.64.